The summed E-state index contributed by atoms with van der Waals surface area (Å²) in [6, 6.07) is 10.00. The summed E-state index contributed by atoms with van der Waals surface area (Å²) in [5, 5.41) is 9.40. The maximum atomic E-state index is 10.6. The highest BCUT2D eigenvalue weighted by Gasteiger charge is 2.05. The van der Waals surface area contributed by atoms with E-state index in [0.717, 1.165) is 10.8 Å². The van der Waals surface area contributed by atoms with Gasteiger partial charge in [-0.3, -0.25) is 0 Å². The van der Waals surface area contributed by atoms with E-state index in [1.54, 1.807) is 0 Å². The summed E-state index contributed by atoms with van der Waals surface area (Å²) >= 11 is 1.53. The first kappa shape index (κ1) is 11.6. The Morgan fingerprint density at radius 2 is 1.94 bits per heavy atom. The topological polar surface area (TPSA) is 63.1 Å². The molecule has 1 aromatic heterocycles. The summed E-state index contributed by atoms with van der Waals surface area (Å²) in [6.07, 6.45) is 2.76. The summed E-state index contributed by atoms with van der Waals surface area (Å²) in [5.41, 5.74) is 1.16. The zero-order chi connectivity index (χ0) is 12.1. The van der Waals surface area contributed by atoms with Crippen molar-refractivity contribution in [3.63, 3.8) is 0 Å². The van der Waals surface area contributed by atoms with E-state index in [2.05, 4.69) is 9.97 Å². The molecule has 0 amide bonds. The van der Waals surface area contributed by atoms with E-state index in [1.165, 1.54) is 29.7 Å². The van der Waals surface area contributed by atoms with Crippen LogP contribution in [0.15, 0.2) is 47.8 Å². The van der Waals surface area contributed by atoms with Crippen molar-refractivity contribution in [1.29, 1.82) is 0 Å². The van der Waals surface area contributed by atoms with Crippen LogP contribution < -0.4 is 0 Å². The second-order valence-electron chi connectivity index (χ2n) is 3.32. The monoisotopic (exact) mass is 246 g/mol. The van der Waals surface area contributed by atoms with Crippen LogP contribution >= 0.6 is 11.8 Å². The number of carboxylic acid groups (broad SMARTS) is 1. The Kier molecular flexibility index (Phi) is 3.72. The fourth-order valence-electron chi connectivity index (χ4n) is 1.23. The van der Waals surface area contributed by atoms with Crippen LogP contribution in [-0.2, 0) is 5.75 Å². The molecule has 0 saturated heterocycles. The molecule has 0 unspecified atom stereocenters. The number of aromatic carboxylic acids is 1. The van der Waals surface area contributed by atoms with Gasteiger partial charge in [0.15, 0.2) is 5.69 Å². The van der Waals surface area contributed by atoms with Gasteiger partial charge < -0.3 is 5.11 Å². The van der Waals surface area contributed by atoms with Gasteiger partial charge in [0.2, 0.25) is 0 Å². The highest BCUT2D eigenvalue weighted by Crippen LogP contribution is 2.19. The van der Waals surface area contributed by atoms with Gasteiger partial charge in [0.1, 0.15) is 5.03 Å². The fraction of sp³-hybridized carbons (Fsp3) is 0.0833. The van der Waals surface area contributed by atoms with E-state index >= 15 is 0 Å². The van der Waals surface area contributed by atoms with Crippen LogP contribution in [0.4, 0.5) is 0 Å². The number of carbonyl (C=O) groups is 1. The molecule has 86 valence electrons. The molecule has 2 aromatic rings. The number of benzene rings is 1. The highest BCUT2D eigenvalue weighted by atomic mass is 32.2. The molecular formula is C12H10N2O2S. The van der Waals surface area contributed by atoms with Gasteiger partial charge in [0, 0.05) is 5.75 Å². The maximum absolute atomic E-state index is 10.6. The largest absolute Gasteiger partial charge is 0.476 e. The van der Waals surface area contributed by atoms with Crippen molar-refractivity contribution in [3.8, 4) is 0 Å². The van der Waals surface area contributed by atoms with Crippen LogP contribution in [0.2, 0.25) is 0 Å². The van der Waals surface area contributed by atoms with Gasteiger partial charge >= 0.3 is 5.97 Å². The van der Waals surface area contributed by atoms with Crippen LogP contribution in [0.1, 0.15) is 16.1 Å². The molecule has 0 bridgehead atoms. The van der Waals surface area contributed by atoms with Crippen molar-refractivity contribution < 1.29 is 9.90 Å². The SMILES string of the molecule is O=C(O)c1cnc(SCc2ccccc2)cn1. The van der Waals surface area contributed by atoms with Gasteiger partial charge in [0.05, 0.1) is 12.4 Å². The second-order valence-corrected chi connectivity index (χ2v) is 4.31. The number of aromatic nitrogens is 2. The van der Waals surface area contributed by atoms with Crippen molar-refractivity contribution in [3.05, 3.63) is 54.0 Å². The van der Waals surface area contributed by atoms with Crippen LogP contribution in [-0.4, -0.2) is 21.0 Å². The van der Waals surface area contributed by atoms with Crippen molar-refractivity contribution in [2.75, 3.05) is 0 Å². The van der Waals surface area contributed by atoms with Crippen molar-refractivity contribution in [2.24, 2.45) is 0 Å². The molecule has 0 aliphatic rings. The zero-order valence-electron chi connectivity index (χ0n) is 8.91. The Bertz CT molecular complexity index is 500. The van der Waals surface area contributed by atoms with E-state index in [9.17, 15) is 4.79 Å². The molecular weight excluding hydrogens is 236 g/mol. The lowest BCUT2D eigenvalue weighted by Crippen LogP contribution is -2.00. The first-order chi connectivity index (χ1) is 8.25. The lowest BCUT2D eigenvalue weighted by molar-refractivity contribution is 0.0689. The summed E-state index contributed by atoms with van der Waals surface area (Å²) < 4.78 is 0. The van der Waals surface area contributed by atoms with Crippen LogP contribution in [0, 0.1) is 0 Å². The minimum atomic E-state index is -1.06. The summed E-state index contributed by atoms with van der Waals surface area (Å²) in [4.78, 5) is 18.4. The normalized spacial score (nSPS) is 10.1. The molecule has 1 aromatic carbocycles. The average molecular weight is 246 g/mol. The summed E-state index contributed by atoms with van der Waals surface area (Å²) in [5.74, 6) is -0.265. The van der Waals surface area contributed by atoms with Gasteiger partial charge in [-0.15, -0.1) is 11.8 Å². The molecule has 0 atom stereocenters. The Balaban J connectivity index is 1.98. The van der Waals surface area contributed by atoms with Crippen molar-refractivity contribution in [2.45, 2.75) is 10.8 Å². The number of hydrogen-bond donors (Lipinski definition) is 1. The van der Waals surface area contributed by atoms with Gasteiger partial charge in [0.25, 0.3) is 0 Å². The Morgan fingerprint density at radius 3 is 2.53 bits per heavy atom. The second kappa shape index (κ2) is 5.45. The van der Waals surface area contributed by atoms with Gasteiger partial charge in [-0.05, 0) is 5.56 Å². The maximum Gasteiger partial charge on any atom is 0.356 e. The first-order valence-corrected chi connectivity index (χ1v) is 5.96. The lowest BCUT2D eigenvalue weighted by atomic mass is 10.2. The smallest absolute Gasteiger partial charge is 0.356 e. The third-order valence-corrected chi connectivity index (χ3v) is 3.06. The Hall–Kier alpha value is -1.88. The molecule has 17 heavy (non-hydrogen) atoms. The third-order valence-electron chi connectivity index (χ3n) is 2.08. The van der Waals surface area contributed by atoms with Gasteiger partial charge in [-0.2, -0.15) is 0 Å². The molecule has 2 rings (SSSR count). The number of thioether (sulfide) groups is 1. The minimum absolute atomic E-state index is 0.0333. The molecule has 4 nitrogen and oxygen atoms in total. The van der Waals surface area contributed by atoms with Crippen LogP contribution in [0.5, 0.6) is 0 Å². The van der Waals surface area contributed by atoms with Gasteiger partial charge in [-0.25, -0.2) is 14.8 Å². The lowest BCUT2D eigenvalue weighted by Gasteiger charge is -2.00. The summed E-state index contributed by atoms with van der Waals surface area (Å²) in [7, 11) is 0. The number of hydrogen-bond acceptors (Lipinski definition) is 4. The number of carboxylic acids is 1. The molecule has 5 heteroatoms. The minimum Gasteiger partial charge on any atom is -0.476 e. The standard InChI is InChI=1S/C12H10N2O2S/c15-12(16)10-6-14-11(7-13-10)17-8-9-4-2-1-3-5-9/h1-7H,8H2,(H,15,16). The highest BCUT2D eigenvalue weighted by molar-refractivity contribution is 7.98. The van der Waals surface area contributed by atoms with Crippen molar-refractivity contribution >= 4 is 17.7 Å². The van der Waals surface area contributed by atoms with Crippen molar-refractivity contribution in [1.82, 2.24) is 9.97 Å². The third kappa shape index (κ3) is 3.29. The fourth-order valence-corrected chi connectivity index (χ4v) is 1.99. The van der Waals surface area contributed by atoms with Crippen LogP contribution in [0.3, 0.4) is 0 Å². The summed E-state index contributed by atoms with van der Waals surface area (Å²) in [6.45, 7) is 0. The van der Waals surface area contributed by atoms with E-state index in [0.29, 0.717) is 0 Å². The molecule has 0 fully saturated rings. The number of nitrogens with zero attached hydrogens (tertiary/aromatic N) is 2. The molecule has 0 aliphatic carbocycles. The molecule has 0 aliphatic heterocycles. The van der Waals surface area contributed by atoms with E-state index < -0.39 is 5.97 Å². The predicted molar refractivity (Wildman–Crippen MR) is 65.0 cm³/mol. The van der Waals surface area contributed by atoms with E-state index in [1.807, 2.05) is 30.3 Å². The Labute approximate surface area is 103 Å². The number of rotatable bonds is 4. The van der Waals surface area contributed by atoms with E-state index in [-0.39, 0.29) is 5.69 Å². The molecule has 1 N–H and O–H groups in total. The Morgan fingerprint density at radius 1 is 1.18 bits per heavy atom. The average Bonchev–Trinajstić information content (AvgIpc) is 2.38. The van der Waals surface area contributed by atoms with Gasteiger partial charge in [-0.1, -0.05) is 30.3 Å². The molecule has 0 radical (unpaired) electrons. The first-order valence-electron chi connectivity index (χ1n) is 4.98. The predicted octanol–water partition coefficient (Wildman–Crippen LogP) is 2.47. The van der Waals surface area contributed by atoms with E-state index in [4.69, 9.17) is 5.11 Å². The molecule has 0 spiro atoms. The quantitative estimate of drug-likeness (QED) is 0.839. The van der Waals surface area contributed by atoms with Crippen LogP contribution in [0.25, 0.3) is 0 Å². The molecule has 1 heterocycles. The zero-order valence-corrected chi connectivity index (χ0v) is 9.72. The molecule has 0 saturated carbocycles.